The van der Waals surface area contributed by atoms with Gasteiger partial charge in [0.15, 0.2) is 0 Å². The predicted octanol–water partition coefficient (Wildman–Crippen LogP) is 3.54. The first kappa shape index (κ1) is 14.2. The summed E-state index contributed by atoms with van der Waals surface area (Å²) in [5.74, 6) is 1.55. The standard InChI is InChI=1S/C19H24N2/c1-15(18-13-20-14-18)12-21-19-10-6-5-9-17(19)11-16-7-3-2-4-8-16/h2-10,15,18,20-21H,11-14H2,1H3. The molecule has 0 aliphatic carbocycles. The highest BCUT2D eigenvalue weighted by Gasteiger charge is 2.23. The summed E-state index contributed by atoms with van der Waals surface area (Å²) in [6, 6.07) is 19.3. The van der Waals surface area contributed by atoms with E-state index in [0.717, 1.165) is 24.8 Å². The van der Waals surface area contributed by atoms with Crippen molar-refractivity contribution in [3.8, 4) is 0 Å². The van der Waals surface area contributed by atoms with Crippen LogP contribution in [0.25, 0.3) is 0 Å². The quantitative estimate of drug-likeness (QED) is 0.845. The van der Waals surface area contributed by atoms with Gasteiger partial charge in [0.25, 0.3) is 0 Å². The van der Waals surface area contributed by atoms with Gasteiger partial charge in [-0.05, 0) is 48.5 Å². The Labute approximate surface area is 127 Å². The number of para-hydroxylation sites is 1. The molecule has 1 atom stereocenters. The first-order valence-corrected chi connectivity index (χ1v) is 7.89. The fraction of sp³-hybridized carbons (Fsp3) is 0.368. The molecule has 1 aliphatic rings. The van der Waals surface area contributed by atoms with Gasteiger partial charge in [-0.1, -0.05) is 55.5 Å². The van der Waals surface area contributed by atoms with Gasteiger partial charge in [-0.3, -0.25) is 0 Å². The first-order chi connectivity index (χ1) is 10.3. The molecule has 1 heterocycles. The zero-order valence-electron chi connectivity index (χ0n) is 12.7. The molecule has 1 aliphatic heterocycles. The van der Waals surface area contributed by atoms with E-state index < -0.39 is 0 Å². The highest BCUT2D eigenvalue weighted by atomic mass is 15.0. The van der Waals surface area contributed by atoms with Crippen molar-refractivity contribution in [1.29, 1.82) is 0 Å². The lowest BCUT2D eigenvalue weighted by molar-refractivity contribution is 0.258. The van der Waals surface area contributed by atoms with Crippen molar-refractivity contribution in [2.45, 2.75) is 13.3 Å². The lowest BCUT2D eigenvalue weighted by Crippen LogP contribution is -2.46. The van der Waals surface area contributed by atoms with Crippen molar-refractivity contribution in [2.75, 3.05) is 25.0 Å². The highest BCUT2D eigenvalue weighted by Crippen LogP contribution is 2.21. The van der Waals surface area contributed by atoms with E-state index in [4.69, 9.17) is 0 Å². The van der Waals surface area contributed by atoms with Crippen molar-refractivity contribution in [3.05, 3.63) is 65.7 Å². The molecule has 0 spiro atoms. The molecule has 0 radical (unpaired) electrons. The largest absolute Gasteiger partial charge is 0.385 e. The van der Waals surface area contributed by atoms with Crippen LogP contribution in [0.1, 0.15) is 18.1 Å². The molecule has 2 aromatic carbocycles. The molecule has 3 rings (SSSR count). The van der Waals surface area contributed by atoms with E-state index in [1.165, 1.54) is 29.9 Å². The molecule has 0 aromatic heterocycles. The van der Waals surface area contributed by atoms with Crippen LogP contribution in [0.3, 0.4) is 0 Å². The van der Waals surface area contributed by atoms with Crippen LogP contribution < -0.4 is 10.6 Å². The summed E-state index contributed by atoms with van der Waals surface area (Å²) >= 11 is 0. The third-order valence-electron chi connectivity index (χ3n) is 4.49. The van der Waals surface area contributed by atoms with Crippen molar-refractivity contribution in [3.63, 3.8) is 0 Å². The average Bonchev–Trinajstić information content (AvgIpc) is 2.46. The van der Waals surface area contributed by atoms with Gasteiger partial charge < -0.3 is 10.6 Å². The molecule has 0 saturated carbocycles. The highest BCUT2D eigenvalue weighted by molar-refractivity contribution is 5.52. The first-order valence-electron chi connectivity index (χ1n) is 7.89. The molecule has 2 heteroatoms. The lowest BCUT2D eigenvalue weighted by atomic mass is 9.89. The van der Waals surface area contributed by atoms with Gasteiger partial charge >= 0.3 is 0 Å². The smallest absolute Gasteiger partial charge is 0.0376 e. The number of nitrogens with one attached hydrogen (secondary N) is 2. The summed E-state index contributed by atoms with van der Waals surface area (Å²) in [6.07, 6.45) is 0.989. The predicted molar refractivity (Wildman–Crippen MR) is 89.7 cm³/mol. The van der Waals surface area contributed by atoms with E-state index in [1.54, 1.807) is 0 Å². The molecule has 2 N–H and O–H groups in total. The molecular formula is C19H24N2. The fourth-order valence-electron chi connectivity index (χ4n) is 2.81. The fourth-order valence-corrected chi connectivity index (χ4v) is 2.81. The Morgan fingerprint density at radius 3 is 2.48 bits per heavy atom. The van der Waals surface area contributed by atoms with Crippen molar-refractivity contribution in [1.82, 2.24) is 5.32 Å². The topological polar surface area (TPSA) is 24.1 Å². The molecule has 0 amide bonds. The van der Waals surface area contributed by atoms with Crippen LogP contribution in [0.4, 0.5) is 5.69 Å². The summed E-state index contributed by atoms with van der Waals surface area (Å²) in [5.41, 5.74) is 4.02. The van der Waals surface area contributed by atoms with Crippen molar-refractivity contribution >= 4 is 5.69 Å². The normalized spacial score (nSPS) is 16.2. The van der Waals surface area contributed by atoms with Crippen LogP contribution in [0.5, 0.6) is 0 Å². The number of rotatable bonds is 6. The second kappa shape index (κ2) is 6.77. The van der Waals surface area contributed by atoms with Gasteiger partial charge in [0.1, 0.15) is 0 Å². The maximum Gasteiger partial charge on any atom is 0.0376 e. The Morgan fingerprint density at radius 2 is 1.76 bits per heavy atom. The van der Waals surface area contributed by atoms with E-state index in [-0.39, 0.29) is 0 Å². The van der Waals surface area contributed by atoms with Gasteiger partial charge in [-0.25, -0.2) is 0 Å². The Morgan fingerprint density at radius 1 is 1.05 bits per heavy atom. The SMILES string of the molecule is CC(CNc1ccccc1Cc1ccccc1)C1CNC1. The van der Waals surface area contributed by atoms with E-state index in [0.29, 0.717) is 0 Å². The maximum absolute atomic E-state index is 3.65. The second-order valence-corrected chi connectivity index (χ2v) is 6.10. The molecule has 1 unspecified atom stereocenters. The molecule has 1 fully saturated rings. The summed E-state index contributed by atoms with van der Waals surface area (Å²) < 4.78 is 0. The zero-order chi connectivity index (χ0) is 14.5. The van der Waals surface area contributed by atoms with Crippen LogP contribution in [0, 0.1) is 11.8 Å². The number of hydrogen-bond donors (Lipinski definition) is 2. The van der Waals surface area contributed by atoms with E-state index >= 15 is 0 Å². The van der Waals surface area contributed by atoms with Gasteiger partial charge in [0.05, 0.1) is 0 Å². The average molecular weight is 280 g/mol. The Kier molecular flexibility index (Phi) is 4.56. The van der Waals surface area contributed by atoms with E-state index in [2.05, 4.69) is 72.2 Å². The maximum atomic E-state index is 3.65. The monoisotopic (exact) mass is 280 g/mol. The number of hydrogen-bond acceptors (Lipinski definition) is 2. The number of benzene rings is 2. The van der Waals surface area contributed by atoms with E-state index in [1.807, 2.05) is 0 Å². The summed E-state index contributed by atoms with van der Waals surface area (Å²) in [5, 5.41) is 7.01. The Balaban J connectivity index is 1.64. The van der Waals surface area contributed by atoms with Crippen LogP contribution in [-0.4, -0.2) is 19.6 Å². The molecule has 1 saturated heterocycles. The van der Waals surface area contributed by atoms with Crippen LogP contribution in [0.2, 0.25) is 0 Å². The Hall–Kier alpha value is -1.80. The van der Waals surface area contributed by atoms with Gasteiger partial charge in [0.2, 0.25) is 0 Å². The Bertz CT molecular complexity index is 561. The van der Waals surface area contributed by atoms with Crippen molar-refractivity contribution < 1.29 is 0 Å². The second-order valence-electron chi connectivity index (χ2n) is 6.10. The molecule has 21 heavy (non-hydrogen) atoms. The van der Waals surface area contributed by atoms with Gasteiger partial charge in [0, 0.05) is 12.2 Å². The number of anilines is 1. The lowest BCUT2D eigenvalue weighted by Gasteiger charge is -2.33. The van der Waals surface area contributed by atoms with Crippen molar-refractivity contribution in [2.24, 2.45) is 11.8 Å². The van der Waals surface area contributed by atoms with Crippen LogP contribution >= 0.6 is 0 Å². The van der Waals surface area contributed by atoms with E-state index in [9.17, 15) is 0 Å². The van der Waals surface area contributed by atoms with Crippen LogP contribution in [0.15, 0.2) is 54.6 Å². The third kappa shape index (κ3) is 3.64. The minimum absolute atomic E-state index is 0.719. The van der Waals surface area contributed by atoms with Crippen LogP contribution in [-0.2, 0) is 6.42 Å². The van der Waals surface area contributed by atoms with Gasteiger partial charge in [-0.15, -0.1) is 0 Å². The zero-order valence-corrected chi connectivity index (χ0v) is 12.7. The summed E-state index contributed by atoms with van der Waals surface area (Å²) in [7, 11) is 0. The molecule has 2 aromatic rings. The summed E-state index contributed by atoms with van der Waals surface area (Å²) in [6.45, 7) is 5.75. The molecule has 2 nitrogen and oxygen atoms in total. The minimum Gasteiger partial charge on any atom is -0.385 e. The minimum atomic E-state index is 0.719. The molecule has 110 valence electrons. The van der Waals surface area contributed by atoms with Gasteiger partial charge in [-0.2, -0.15) is 0 Å². The molecule has 0 bridgehead atoms. The molecular weight excluding hydrogens is 256 g/mol. The third-order valence-corrected chi connectivity index (χ3v) is 4.49. The summed E-state index contributed by atoms with van der Waals surface area (Å²) in [4.78, 5) is 0.